The van der Waals surface area contributed by atoms with Crippen LogP contribution in [0.25, 0.3) is 0 Å². The van der Waals surface area contributed by atoms with Gasteiger partial charge in [-0.1, -0.05) is 19.8 Å². The Morgan fingerprint density at radius 1 is 1.40 bits per heavy atom. The van der Waals surface area contributed by atoms with Crippen molar-refractivity contribution in [2.24, 2.45) is 0 Å². The summed E-state index contributed by atoms with van der Waals surface area (Å²) in [4.78, 5) is 17.5. The standard InChI is InChI=1S/C16H29N3O/c1-4-14-17-16(9-5-6-10-16)15(20)19(14)11-12(2)18(3)13-7-8-13/h12-14,17H,4-11H2,1-3H3. The lowest BCUT2D eigenvalue weighted by atomic mass is 9.98. The van der Waals surface area contributed by atoms with Gasteiger partial charge in [0.2, 0.25) is 5.91 Å². The first-order valence-electron chi connectivity index (χ1n) is 8.38. The lowest BCUT2D eigenvalue weighted by molar-refractivity contribution is -0.133. The first kappa shape index (κ1) is 14.3. The van der Waals surface area contributed by atoms with Crippen LogP contribution in [0.15, 0.2) is 0 Å². The molecule has 0 bridgehead atoms. The quantitative estimate of drug-likeness (QED) is 0.835. The summed E-state index contributed by atoms with van der Waals surface area (Å²) in [6, 6.07) is 1.22. The van der Waals surface area contributed by atoms with Crippen LogP contribution in [0.2, 0.25) is 0 Å². The van der Waals surface area contributed by atoms with E-state index in [0.717, 1.165) is 31.8 Å². The molecular weight excluding hydrogens is 250 g/mol. The molecule has 1 saturated heterocycles. The Morgan fingerprint density at radius 3 is 2.60 bits per heavy atom. The van der Waals surface area contributed by atoms with Gasteiger partial charge >= 0.3 is 0 Å². The zero-order valence-electron chi connectivity index (χ0n) is 13.2. The van der Waals surface area contributed by atoms with Gasteiger partial charge in [-0.15, -0.1) is 0 Å². The molecule has 2 saturated carbocycles. The number of likely N-dealkylation sites (N-methyl/N-ethyl adjacent to an activating group) is 1. The fraction of sp³-hybridized carbons (Fsp3) is 0.938. The van der Waals surface area contributed by atoms with Crippen molar-refractivity contribution in [3.8, 4) is 0 Å². The summed E-state index contributed by atoms with van der Waals surface area (Å²) in [5.41, 5.74) is -0.210. The maximum Gasteiger partial charge on any atom is 0.244 e. The van der Waals surface area contributed by atoms with Crippen molar-refractivity contribution in [2.45, 2.75) is 82.6 Å². The number of amides is 1. The number of carbonyl (C=O) groups excluding carboxylic acids is 1. The molecule has 3 aliphatic rings. The van der Waals surface area contributed by atoms with Crippen LogP contribution < -0.4 is 5.32 Å². The largest absolute Gasteiger partial charge is 0.324 e. The van der Waals surface area contributed by atoms with E-state index < -0.39 is 0 Å². The number of hydrogen-bond donors (Lipinski definition) is 1. The lowest BCUT2D eigenvalue weighted by Gasteiger charge is -2.31. The average molecular weight is 279 g/mol. The van der Waals surface area contributed by atoms with Crippen molar-refractivity contribution in [1.82, 2.24) is 15.1 Å². The third kappa shape index (κ3) is 2.37. The van der Waals surface area contributed by atoms with Crippen LogP contribution in [0.1, 0.15) is 58.8 Å². The predicted octanol–water partition coefficient (Wildman–Crippen LogP) is 1.95. The van der Waals surface area contributed by atoms with Crippen LogP contribution in [0.5, 0.6) is 0 Å². The molecule has 4 nitrogen and oxygen atoms in total. The van der Waals surface area contributed by atoms with Gasteiger partial charge in [0.25, 0.3) is 0 Å². The van der Waals surface area contributed by atoms with Gasteiger partial charge in [-0.3, -0.25) is 15.0 Å². The molecule has 3 rings (SSSR count). The molecule has 2 atom stereocenters. The van der Waals surface area contributed by atoms with Gasteiger partial charge in [0, 0.05) is 18.6 Å². The molecule has 2 unspecified atom stereocenters. The fourth-order valence-corrected chi connectivity index (χ4v) is 4.00. The van der Waals surface area contributed by atoms with Crippen LogP contribution in [-0.4, -0.2) is 53.1 Å². The van der Waals surface area contributed by atoms with Crippen LogP contribution >= 0.6 is 0 Å². The number of nitrogens with zero attached hydrogens (tertiary/aromatic N) is 2. The van der Waals surface area contributed by atoms with Crippen LogP contribution in [0.4, 0.5) is 0 Å². The van der Waals surface area contributed by atoms with Gasteiger partial charge in [0.05, 0.1) is 11.7 Å². The third-order valence-corrected chi connectivity index (χ3v) is 5.61. The van der Waals surface area contributed by atoms with Crippen molar-refractivity contribution in [1.29, 1.82) is 0 Å². The normalized spacial score (nSPS) is 30.7. The van der Waals surface area contributed by atoms with Gasteiger partial charge < -0.3 is 4.90 Å². The summed E-state index contributed by atoms with van der Waals surface area (Å²) in [5.74, 6) is 0.373. The molecule has 1 N–H and O–H groups in total. The molecule has 4 heteroatoms. The average Bonchev–Trinajstić information content (AvgIpc) is 3.14. The smallest absolute Gasteiger partial charge is 0.244 e. The molecule has 2 aliphatic carbocycles. The number of carbonyl (C=O) groups is 1. The van der Waals surface area contributed by atoms with Gasteiger partial charge in [-0.2, -0.15) is 0 Å². The minimum absolute atomic E-state index is 0.210. The summed E-state index contributed by atoms with van der Waals surface area (Å²) in [6.45, 7) is 5.32. The molecule has 3 fully saturated rings. The van der Waals surface area contributed by atoms with E-state index in [0.29, 0.717) is 11.9 Å². The predicted molar refractivity (Wildman–Crippen MR) is 80.4 cm³/mol. The van der Waals surface area contributed by atoms with E-state index in [1.807, 2.05) is 0 Å². The van der Waals surface area contributed by atoms with Gasteiger partial charge in [-0.05, 0) is 46.1 Å². The van der Waals surface area contributed by atoms with E-state index in [4.69, 9.17) is 0 Å². The summed E-state index contributed by atoms with van der Waals surface area (Å²) in [6.07, 6.45) is 8.37. The van der Waals surface area contributed by atoms with E-state index in [-0.39, 0.29) is 11.7 Å². The molecule has 0 aromatic carbocycles. The summed E-state index contributed by atoms with van der Waals surface area (Å²) >= 11 is 0. The Balaban J connectivity index is 1.68. The highest BCUT2D eigenvalue weighted by molar-refractivity contribution is 5.89. The molecule has 0 aromatic rings. The molecule has 1 heterocycles. The molecule has 1 aliphatic heterocycles. The second-order valence-electron chi connectivity index (χ2n) is 7.06. The van der Waals surface area contributed by atoms with E-state index in [1.54, 1.807) is 0 Å². The lowest BCUT2D eigenvalue weighted by Crippen LogP contribution is -2.47. The molecular formula is C16H29N3O. The van der Waals surface area contributed by atoms with Crippen molar-refractivity contribution in [3.05, 3.63) is 0 Å². The Kier molecular flexibility index (Phi) is 3.80. The summed E-state index contributed by atoms with van der Waals surface area (Å²) in [7, 11) is 2.21. The van der Waals surface area contributed by atoms with E-state index in [9.17, 15) is 4.79 Å². The van der Waals surface area contributed by atoms with Crippen molar-refractivity contribution >= 4 is 5.91 Å². The van der Waals surface area contributed by atoms with E-state index >= 15 is 0 Å². The van der Waals surface area contributed by atoms with E-state index in [2.05, 4.69) is 36.0 Å². The molecule has 20 heavy (non-hydrogen) atoms. The second-order valence-corrected chi connectivity index (χ2v) is 7.06. The second kappa shape index (κ2) is 5.30. The van der Waals surface area contributed by atoms with Crippen LogP contribution in [0.3, 0.4) is 0 Å². The fourth-order valence-electron chi connectivity index (χ4n) is 4.00. The summed E-state index contributed by atoms with van der Waals surface area (Å²) < 4.78 is 0. The third-order valence-electron chi connectivity index (χ3n) is 5.61. The maximum absolute atomic E-state index is 12.9. The van der Waals surface area contributed by atoms with E-state index in [1.165, 1.54) is 25.7 Å². The summed E-state index contributed by atoms with van der Waals surface area (Å²) in [5, 5.41) is 3.66. The Morgan fingerprint density at radius 2 is 2.05 bits per heavy atom. The minimum atomic E-state index is -0.210. The highest BCUT2D eigenvalue weighted by Crippen LogP contribution is 2.37. The van der Waals surface area contributed by atoms with Gasteiger partial charge in [-0.25, -0.2) is 0 Å². The van der Waals surface area contributed by atoms with Gasteiger partial charge in [0.15, 0.2) is 0 Å². The topological polar surface area (TPSA) is 35.6 Å². The zero-order valence-corrected chi connectivity index (χ0v) is 13.2. The highest BCUT2D eigenvalue weighted by atomic mass is 16.2. The first-order chi connectivity index (χ1) is 9.57. The molecule has 1 amide bonds. The number of nitrogens with one attached hydrogen (secondary N) is 1. The molecule has 1 spiro atoms. The Hall–Kier alpha value is -0.610. The molecule has 114 valence electrons. The molecule has 0 radical (unpaired) electrons. The van der Waals surface area contributed by atoms with Crippen LogP contribution in [0, 0.1) is 0 Å². The van der Waals surface area contributed by atoms with Crippen molar-refractivity contribution < 1.29 is 4.79 Å². The SMILES string of the molecule is CCC1NC2(CCCC2)C(=O)N1CC(C)N(C)C1CC1. The number of hydrogen-bond acceptors (Lipinski definition) is 3. The van der Waals surface area contributed by atoms with Crippen LogP contribution in [-0.2, 0) is 4.79 Å². The maximum atomic E-state index is 12.9. The van der Waals surface area contributed by atoms with Crippen molar-refractivity contribution in [3.63, 3.8) is 0 Å². The molecule has 0 aromatic heterocycles. The van der Waals surface area contributed by atoms with Crippen molar-refractivity contribution in [2.75, 3.05) is 13.6 Å². The monoisotopic (exact) mass is 279 g/mol. The minimum Gasteiger partial charge on any atom is -0.324 e. The first-order valence-corrected chi connectivity index (χ1v) is 8.38. The number of rotatable bonds is 5. The van der Waals surface area contributed by atoms with Gasteiger partial charge in [0.1, 0.15) is 0 Å². The Labute approximate surface area is 122 Å². The Bertz CT molecular complexity index is 374. The zero-order chi connectivity index (χ0) is 14.3. The highest BCUT2D eigenvalue weighted by Gasteiger charge is 2.52.